The van der Waals surface area contributed by atoms with Crippen LogP contribution in [-0.2, 0) is 11.2 Å². The van der Waals surface area contributed by atoms with E-state index in [9.17, 15) is 9.59 Å². The van der Waals surface area contributed by atoms with Gasteiger partial charge in [-0.15, -0.1) is 10.2 Å². The fourth-order valence-electron chi connectivity index (χ4n) is 3.29. The van der Waals surface area contributed by atoms with Crippen LogP contribution < -0.4 is 10.6 Å². The zero-order valence-electron chi connectivity index (χ0n) is 17.8. The summed E-state index contributed by atoms with van der Waals surface area (Å²) in [6, 6.07) is 6.94. The lowest BCUT2D eigenvalue weighted by molar-refractivity contribution is -0.121. The Balaban J connectivity index is 1.29. The predicted octanol–water partition coefficient (Wildman–Crippen LogP) is 2.52. The van der Waals surface area contributed by atoms with Crippen molar-refractivity contribution < 1.29 is 9.59 Å². The minimum atomic E-state index is -0.316. The summed E-state index contributed by atoms with van der Waals surface area (Å²) in [7, 11) is 2.15. The molecule has 0 spiro atoms. The van der Waals surface area contributed by atoms with E-state index in [1.165, 1.54) is 11.3 Å². The lowest BCUT2D eigenvalue weighted by Gasteiger charge is -2.32. The number of nitrogens with one attached hydrogen (secondary N) is 2. The molecule has 2 aromatic rings. The number of anilines is 1. The number of hydrogen-bond acceptors (Lipinski definition) is 7. The van der Waals surface area contributed by atoms with E-state index >= 15 is 0 Å². The normalized spacial score (nSPS) is 15.0. The second-order valence-corrected chi connectivity index (χ2v) is 9.17. The Morgan fingerprint density at radius 3 is 2.74 bits per heavy atom. The van der Waals surface area contributed by atoms with Crippen molar-refractivity contribution in [3.63, 3.8) is 0 Å². The van der Waals surface area contributed by atoms with Crippen molar-refractivity contribution in [2.45, 2.75) is 25.7 Å². The summed E-state index contributed by atoms with van der Waals surface area (Å²) >= 11 is 7.17. The van der Waals surface area contributed by atoms with Crippen LogP contribution in [0.4, 0.5) is 5.69 Å². The van der Waals surface area contributed by atoms with Crippen LogP contribution in [-0.4, -0.2) is 78.1 Å². The zero-order chi connectivity index (χ0) is 22.1. The van der Waals surface area contributed by atoms with E-state index < -0.39 is 0 Å². The molecule has 0 aliphatic carbocycles. The lowest BCUT2D eigenvalue weighted by atomic mass is 10.2. The molecule has 168 valence electrons. The molecular weight excluding hydrogens is 436 g/mol. The maximum atomic E-state index is 12.3. The van der Waals surface area contributed by atoms with Crippen molar-refractivity contribution in [3.8, 4) is 0 Å². The first kappa shape index (κ1) is 23.6. The van der Waals surface area contributed by atoms with E-state index in [4.69, 9.17) is 11.6 Å². The molecule has 0 radical (unpaired) electrons. The van der Waals surface area contributed by atoms with E-state index in [1.807, 2.05) is 0 Å². The van der Waals surface area contributed by atoms with Crippen LogP contribution in [0.15, 0.2) is 24.3 Å². The number of carbonyl (C=O) groups excluding carboxylic acids is 2. The Morgan fingerprint density at radius 2 is 1.97 bits per heavy atom. The molecule has 2 heterocycles. The smallest absolute Gasteiger partial charge is 0.286 e. The van der Waals surface area contributed by atoms with Crippen LogP contribution in [0.25, 0.3) is 0 Å². The van der Waals surface area contributed by atoms with Crippen molar-refractivity contribution >= 4 is 40.4 Å². The number of aryl methyl sites for hydroxylation is 1. The third kappa shape index (κ3) is 8.17. The first-order chi connectivity index (χ1) is 15.0. The summed E-state index contributed by atoms with van der Waals surface area (Å²) in [6.07, 6.45) is 2.71. The van der Waals surface area contributed by atoms with Gasteiger partial charge >= 0.3 is 0 Å². The van der Waals surface area contributed by atoms with Crippen LogP contribution in [0.5, 0.6) is 0 Å². The van der Waals surface area contributed by atoms with Crippen molar-refractivity contribution in [2.24, 2.45) is 0 Å². The van der Waals surface area contributed by atoms with Crippen LogP contribution >= 0.6 is 22.9 Å². The van der Waals surface area contributed by atoms with Gasteiger partial charge in [-0.25, -0.2) is 0 Å². The predicted molar refractivity (Wildman–Crippen MR) is 124 cm³/mol. The minimum Gasteiger partial charge on any atom is -0.356 e. The van der Waals surface area contributed by atoms with Crippen LogP contribution in [0.2, 0.25) is 5.02 Å². The average Bonchev–Trinajstić information content (AvgIpc) is 3.22. The van der Waals surface area contributed by atoms with Crippen molar-refractivity contribution in [1.82, 2.24) is 25.3 Å². The first-order valence-corrected chi connectivity index (χ1v) is 11.8. The molecule has 8 nitrogen and oxygen atoms in total. The number of hydrogen-bond donors (Lipinski definition) is 2. The van der Waals surface area contributed by atoms with Crippen LogP contribution in [0.3, 0.4) is 0 Å². The first-order valence-electron chi connectivity index (χ1n) is 10.6. The molecule has 0 atom stereocenters. The Bertz CT molecular complexity index is 869. The van der Waals surface area contributed by atoms with Crippen molar-refractivity contribution in [1.29, 1.82) is 0 Å². The Labute approximate surface area is 192 Å². The molecule has 10 heteroatoms. The average molecular weight is 465 g/mol. The summed E-state index contributed by atoms with van der Waals surface area (Å²) in [5, 5.41) is 15.4. The SMILES string of the molecule is CN1CCN(CCCNC(=O)CCCc2nnc(C(=O)Nc3cccc(Cl)c3)s2)CC1. The molecule has 1 aromatic carbocycles. The second-order valence-electron chi connectivity index (χ2n) is 7.67. The van der Waals surface area contributed by atoms with Gasteiger partial charge in [-0.1, -0.05) is 29.0 Å². The highest BCUT2D eigenvalue weighted by molar-refractivity contribution is 7.13. The highest BCUT2D eigenvalue weighted by Crippen LogP contribution is 2.18. The van der Waals surface area contributed by atoms with Gasteiger partial charge in [-0.05, 0) is 44.6 Å². The van der Waals surface area contributed by atoms with E-state index in [-0.39, 0.29) is 11.8 Å². The zero-order valence-corrected chi connectivity index (χ0v) is 19.3. The quantitative estimate of drug-likeness (QED) is 0.525. The van der Waals surface area contributed by atoms with E-state index in [2.05, 4.69) is 37.7 Å². The maximum absolute atomic E-state index is 12.3. The summed E-state index contributed by atoms with van der Waals surface area (Å²) in [5.74, 6) is -0.258. The van der Waals surface area contributed by atoms with Gasteiger partial charge in [0, 0.05) is 56.3 Å². The Hall–Kier alpha value is -2.07. The third-order valence-electron chi connectivity index (χ3n) is 5.11. The molecule has 2 N–H and O–H groups in total. The Morgan fingerprint density at radius 1 is 1.16 bits per heavy atom. The molecule has 31 heavy (non-hydrogen) atoms. The van der Waals surface area contributed by atoms with Gasteiger partial charge < -0.3 is 20.4 Å². The number of aromatic nitrogens is 2. The third-order valence-corrected chi connectivity index (χ3v) is 6.32. The topological polar surface area (TPSA) is 90.5 Å². The number of carbonyl (C=O) groups is 2. The minimum absolute atomic E-state index is 0.0572. The summed E-state index contributed by atoms with van der Waals surface area (Å²) in [4.78, 5) is 29.1. The molecule has 1 fully saturated rings. The summed E-state index contributed by atoms with van der Waals surface area (Å²) in [6.45, 7) is 6.16. The molecular formula is C21H29ClN6O2S. The number of amides is 2. The molecule has 2 amide bonds. The summed E-state index contributed by atoms with van der Waals surface area (Å²) < 4.78 is 0. The molecule has 3 rings (SSSR count). The summed E-state index contributed by atoms with van der Waals surface area (Å²) in [5.41, 5.74) is 0.610. The second kappa shape index (κ2) is 12.1. The fraction of sp³-hybridized carbons (Fsp3) is 0.524. The van der Waals surface area contributed by atoms with Gasteiger partial charge in [0.2, 0.25) is 10.9 Å². The number of nitrogens with zero attached hydrogens (tertiary/aromatic N) is 4. The number of likely N-dealkylation sites (N-methyl/N-ethyl adjacent to an activating group) is 1. The van der Waals surface area contributed by atoms with Crippen LogP contribution in [0, 0.1) is 0 Å². The maximum Gasteiger partial charge on any atom is 0.286 e. The molecule has 1 aromatic heterocycles. The number of halogens is 1. The molecule has 1 aliphatic heterocycles. The number of piperazine rings is 1. The molecule has 1 saturated heterocycles. The fourth-order valence-corrected chi connectivity index (χ4v) is 4.25. The van der Waals surface area contributed by atoms with Gasteiger partial charge in [-0.3, -0.25) is 9.59 Å². The van der Waals surface area contributed by atoms with Crippen molar-refractivity contribution in [2.75, 3.05) is 51.6 Å². The van der Waals surface area contributed by atoms with E-state index in [1.54, 1.807) is 24.3 Å². The standard InChI is InChI=1S/C21H29ClN6O2S/c1-27-11-13-28(14-12-27)10-4-9-23-18(29)7-3-8-19-25-26-21(31-19)20(30)24-17-6-2-5-16(22)15-17/h2,5-6,15H,3-4,7-14H2,1H3,(H,23,29)(H,24,30). The highest BCUT2D eigenvalue weighted by Gasteiger charge is 2.14. The lowest BCUT2D eigenvalue weighted by Crippen LogP contribution is -2.45. The van der Waals surface area contributed by atoms with Gasteiger partial charge in [-0.2, -0.15) is 0 Å². The molecule has 0 unspecified atom stereocenters. The monoisotopic (exact) mass is 464 g/mol. The van der Waals surface area contributed by atoms with Gasteiger partial charge in [0.15, 0.2) is 0 Å². The van der Waals surface area contributed by atoms with Gasteiger partial charge in [0.25, 0.3) is 5.91 Å². The van der Waals surface area contributed by atoms with Gasteiger partial charge in [0.1, 0.15) is 5.01 Å². The Kier molecular flexibility index (Phi) is 9.20. The highest BCUT2D eigenvalue weighted by atomic mass is 35.5. The van der Waals surface area contributed by atoms with Gasteiger partial charge in [0.05, 0.1) is 0 Å². The largest absolute Gasteiger partial charge is 0.356 e. The van der Waals surface area contributed by atoms with Crippen LogP contribution in [0.1, 0.15) is 34.1 Å². The van der Waals surface area contributed by atoms with Crippen molar-refractivity contribution in [3.05, 3.63) is 39.3 Å². The molecule has 0 bridgehead atoms. The van der Waals surface area contributed by atoms with E-state index in [0.717, 1.165) is 44.2 Å². The number of rotatable bonds is 10. The molecule has 1 aliphatic rings. The molecule has 0 saturated carbocycles. The number of benzene rings is 1. The van der Waals surface area contributed by atoms with E-state index in [0.29, 0.717) is 41.5 Å².